The second-order valence-corrected chi connectivity index (χ2v) is 7.49. The molecular formula is C22H23N3O3. The molecule has 2 heterocycles. The van der Waals surface area contributed by atoms with Crippen molar-refractivity contribution in [1.29, 1.82) is 0 Å². The molecule has 0 bridgehead atoms. The number of carbonyl (C=O) groups is 3. The van der Waals surface area contributed by atoms with E-state index >= 15 is 0 Å². The number of nitrogens with one attached hydrogen (secondary N) is 1. The fourth-order valence-electron chi connectivity index (χ4n) is 3.80. The number of imide groups is 1. The average Bonchev–Trinajstić information content (AvgIpc) is 2.95. The van der Waals surface area contributed by atoms with E-state index in [1.807, 2.05) is 6.07 Å². The molecule has 6 nitrogen and oxygen atoms in total. The highest BCUT2D eigenvalue weighted by molar-refractivity contribution is 6.21. The molecule has 1 N–H and O–H groups in total. The van der Waals surface area contributed by atoms with E-state index < -0.39 is 0 Å². The second kappa shape index (κ2) is 7.56. The molecule has 0 radical (unpaired) electrons. The zero-order valence-corrected chi connectivity index (χ0v) is 15.9. The molecular weight excluding hydrogens is 354 g/mol. The summed E-state index contributed by atoms with van der Waals surface area (Å²) in [6.45, 7) is 2.11. The third-order valence-corrected chi connectivity index (χ3v) is 5.46. The number of rotatable bonds is 4. The molecule has 0 spiro atoms. The average molecular weight is 377 g/mol. The highest BCUT2D eigenvalue weighted by Crippen LogP contribution is 2.24. The van der Waals surface area contributed by atoms with Gasteiger partial charge in [0.1, 0.15) is 0 Å². The van der Waals surface area contributed by atoms with Crippen LogP contribution >= 0.6 is 0 Å². The van der Waals surface area contributed by atoms with Gasteiger partial charge >= 0.3 is 0 Å². The first-order valence-corrected chi connectivity index (χ1v) is 9.56. The standard InChI is InChI=1S/C22H23N3O3/c1-24-11-9-17(10-12-24)23-20(26)16-6-4-5-15(13-16)14-25-21(27)18-7-2-3-8-19(18)22(25)28/h2-8,13,17H,9-12,14H2,1H3,(H,23,26). The van der Waals surface area contributed by atoms with E-state index in [4.69, 9.17) is 0 Å². The van der Waals surface area contributed by atoms with Gasteiger partial charge in [-0.1, -0.05) is 24.3 Å². The molecule has 0 atom stereocenters. The van der Waals surface area contributed by atoms with Crippen LogP contribution in [-0.2, 0) is 6.54 Å². The maximum atomic E-state index is 12.6. The van der Waals surface area contributed by atoms with Gasteiger partial charge in [0.25, 0.3) is 17.7 Å². The van der Waals surface area contributed by atoms with Gasteiger partial charge in [0.2, 0.25) is 0 Å². The van der Waals surface area contributed by atoms with Crippen LogP contribution in [0.25, 0.3) is 0 Å². The molecule has 4 rings (SSSR count). The molecule has 2 aromatic rings. The van der Waals surface area contributed by atoms with Gasteiger partial charge in [-0.2, -0.15) is 0 Å². The Hall–Kier alpha value is -2.99. The fourth-order valence-corrected chi connectivity index (χ4v) is 3.80. The minimum absolute atomic E-state index is 0.112. The molecule has 6 heteroatoms. The highest BCUT2D eigenvalue weighted by Gasteiger charge is 2.35. The van der Waals surface area contributed by atoms with Gasteiger partial charge in [0.15, 0.2) is 0 Å². The number of nitrogens with zero attached hydrogens (tertiary/aromatic N) is 2. The number of fused-ring (bicyclic) bond motifs is 1. The molecule has 0 aliphatic carbocycles. The van der Waals surface area contributed by atoms with Crippen molar-refractivity contribution in [3.63, 3.8) is 0 Å². The molecule has 2 aliphatic rings. The Labute approximate surface area is 164 Å². The lowest BCUT2D eigenvalue weighted by Gasteiger charge is -2.29. The Morgan fingerprint density at radius 3 is 2.29 bits per heavy atom. The van der Waals surface area contributed by atoms with Crippen LogP contribution in [0.5, 0.6) is 0 Å². The first-order valence-electron chi connectivity index (χ1n) is 9.56. The van der Waals surface area contributed by atoms with E-state index in [0.717, 1.165) is 31.5 Å². The molecule has 144 valence electrons. The summed E-state index contributed by atoms with van der Waals surface area (Å²) in [5.74, 6) is -0.692. The van der Waals surface area contributed by atoms with E-state index in [-0.39, 0.29) is 30.3 Å². The number of amides is 3. The van der Waals surface area contributed by atoms with Gasteiger partial charge in [-0.05, 0) is 62.8 Å². The Balaban J connectivity index is 1.45. The molecule has 1 fully saturated rings. The van der Waals surface area contributed by atoms with Crippen LogP contribution in [0.4, 0.5) is 0 Å². The maximum absolute atomic E-state index is 12.6. The third kappa shape index (κ3) is 3.55. The van der Waals surface area contributed by atoms with Gasteiger partial charge in [0.05, 0.1) is 17.7 Å². The number of benzene rings is 2. The molecule has 0 aromatic heterocycles. The third-order valence-electron chi connectivity index (χ3n) is 5.46. The number of carbonyl (C=O) groups excluding carboxylic acids is 3. The lowest BCUT2D eigenvalue weighted by molar-refractivity contribution is 0.0642. The van der Waals surface area contributed by atoms with Gasteiger partial charge < -0.3 is 10.2 Å². The quantitative estimate of drug-likeness (QED) is 0.830. The first kappa shape index (κ1) is 18.4. The topological polar surface area (TPSA) is 69.7 Å². The lowest BCUT2D eigenvalue weighted by atomic mass is 10.0. The largest absolute Gasteiger partial charge is 0.349 e. The van der Waals surface area contributed by atoms with Crippen LogP contribution in [0.2, 0.25) is 0 Å². The summed E-state index contributed by atoms with van der Waals surface area (Å²) in [7, 11) is 2.08. The van der Waals surface area contributed by atoms with Crippen LogP contribution in [-0.4, -0.2) is 53.7 Å². The number of hydrogen-bond acceptors (Lipinski definition) is 4. The van der Waals surface area contributed by atoms with E-state index in [9.17, 15) is 14.4 Å². The summed E-state index contributed by atoms with van der Waals surface area (Å²) in [5.41, 5.74) is 2.17. The first-order chi connectivity index (χ1) is 13.5. The lowest BCUT2D eigenvalue weighted by Crippen LogP contribution is -2.43. The van der Waals surface area contributed by atoms with Gasteiger partial charge in [0, 0.05) is 11.6 Å². The summed E-state index contributed by atoms with van der Waals surface area (Å²) >= 11 is 0. The maximum Gasteiger partial charge on any atom is 0.261 e. The monoisotopic (exact) mass is 377 g/mol. The van der Waals surface area contributed by atoms with Crippen molar-refractivity contribution in [2.45, 2.75) is 25.4 Å². The van der Waals surface area contributed by atoms with Gasteiger partial charge in [-0.25, -0.2) is 0 Å². The van der Waals surface area contributed by atoms with Crippen molar-refractivity contribution in [3.8, 4) is 0 Å². The van der Waals surface area contributed by atoms with E-state index in [1.54, 1.807) is 42.5 Å². The zero-order chi connectivity index (χ0) is 19.7. The second-order valence-electron chi connectivity index (χ2n) is 7.49. The van der Waals surface area contributed by atoms with Crippen molar-refractivity contribution in [3.05, 3.63) is 70.8 Å². The molecule has 28 heavy (non-hydrogen) atoms. The van der Waals surface area contributed by atoms with Gasteiger partial charge in [-0.15, -0.1) is 0 Å². The summed E-state index contributed by atoms with van der Waals surface area (Å²) in [6, 6.07) is 14.2. The highest BCUT2D eigenvalue weighted by atomic mass is 16.2. The van der Waals surface area contributed by atoms with Crippen molar-refractivity contribution in [1.82, 2.24) is 15.1 Å². The van der Waals surface area contributed by atoms with Crippen molar-refractivity contribution >= 4 is 17.7 Å². The van der Waals surface area contributed by atoms with Crippen molar-refractivity contribution < 1.29 is 14.4 Å². The smallest absolute Gasteiger partial charge is 0.261 e. The fraction of sp³-hybridized carbons (Fsp3) is 0.318. The van der Waals surface area contributed by atoms with E-state index in [0.29, 0.717) is 16.7 Å². The Bertz CT molecular complexity index is 897. The Morgan fingerprint density at radius 1 is 1.00 bits per heavy atom. The van der Waals surface area contributed by atoms with Crippen LogP contribution in [0.15, 0.2) is 48.5 Å². The molecule has 0 unspecified atom stereocenters. The summed E-state index contributed by atoms with van der Waals surface area (Å²) < 4.78 is 0. The molecule has 2 aliphatic heterocycles. The minimum Gasteiger partial charge on any atom is -0.349 e. The van der Waals surface area contributed by atoms with Crippen LogP contribution in [0, 0.1) is 0 Å². The normalized spacial score (nSPS) is 17.7. The molecule has 0 saturated carbocycles. The molecule has 3 amide bonds. The predicted molar refractivity (Wildman–Crippen MR) is 105 cm³/mol. The van der Waals surface area contributed by atoms with Crippen LogP contribution in [0.1, 0.15) is 49.5 Å². The number of hydrogen-bond donors (Lipinski definition) is 1. The zero-order valence-electron chi connectivity index (χ0n) is 15.9. The van der Waals surface area contributed by atoms with Gasteiger partial charge in [-0.3, -0.25) is 19.3 Å². The summed E-state index contributed by atoms with van der Waals surface area (Å²) in [4.78, 5) is 41.2. The van der Waals surface area contributed by atoms with Crippen LogP contribution < -0.4 is 5.32 Å². The molecule has 1 saturated heterocycles. The van der Waals surface area contributed by atoms with Crippen LogP contribution in [0.3, 0.4) is 0 Å². The number of likely N-dealkylation sites (tertiary alicyclic amines) is 1. The van der Waals surface area contributed by atoms with Crippen molar-refractivity contribution in [2.75, 3.05) is 20.1 Å². The predicted octanol–water partition coefficient (Wildman–Crippen LogP) is 2.31. The summed E-state index contributed by atoms with van der Waals surface area (Å²) in [6.07, 6.45) is 1.88. The minimum atomic E-state index is -0.290. The Kier molecular flexibility index (Phi) is 4.96. The number of piperidine rings is 1. The van der Waals surface area contributed by atoms with Crippen molar-refractivity contribution in [2.24, 2.45) is 0 Å². The van der Waals surface area contributed by atoms with E-state index in [1.165, 1.54) is 4.90 Å². The SMILES string of the molecule is CN1CCC(NC(=O)c2cccc(CN3C(=O)c4ccccc4C3=O)c2)CC1. The summed E-state index contributed by atoms with van der Waals surface area (Å²) in [5, 5.41) is 3.10. The van der Waals surface area contributed by atoms with E-state index in [2.05, 4.69) is 17.3 Å². The molecule has 2 aromatic carbocycles. The Morgan fingerprint density at radius 2 is 1.64 bits per heavy atom.